The van der Waals surface area contributed by atoms with Crippen LogP contribution in [0.2, 0.25) is 0 Å². The van der Waals surface area contributed by atoms with Gasteiger partial charge < -0.3 is 25.2 Å². The lowest BCUT2D eigenvalue weighted by molar-refractivity contribution is -0.140. The molecule has 1 saturated heterocycles. The van der Waals surface area contributed by atoms with Gasteiger partial charge in [-0.1, -0.05) is 0 Å². The van der Waals surface area contributed by atoms with Crippen LogP contribution in [0.3, 0.4) is 0 Å². The molecule has 1 rings (SSSR count). The van der Waals surface area contributed by atoms with E-state index in [2.05, 4.69) is 5.32 Å². The van der Waals surface area contributed by atoms with Gasteiger partial charge in [0.05, 0.1) is 6.10 Å². The summed E-state index contributed by atoms with van der Waals surface area (Å²) >= 11 is 0. The second-order valence-electron chi connectivity index (χ2n) is 4.69. The summed E-state index contributed by atoms with van der Waals surface area (Å²) < 4.78 is 5.19. The Labute approximate surface area is 116 Å². The van der Waals surface area contributed by atoms with Gasteiger partial charge >= 0.3 is 18.0 Å². The number of carboxylic acid groups (broad SMARTS) is 2. The number of nitrogens with zero attached hydrogens (tertiary/aromatic N) is 1. The van der Waals surface area contributed by atoms with Crippen LogP contribution in [0, 0.1) is 0 Å². The maximum Gasteiger partial charge on any atom is 0.326 e. The zero-order valence-electron chi connectivity index (χ0n) is 11.4. The van der Waals surface area contributed by atoms with E-state index in [-0.39, 0.29) is 18.9 Å². The number of rotatable bonds is 6. The van der Waals surface area contributed by atoms with Crippen molar-refractivity contribution in [3.8, 4) is 0 Å². The quantitative estimate of drug-likeness (QED) is 0.639. The molecule has 0 aromatic rings. The molecule has 2 amide bonds. The number of amides is 2. The van der Waals surface area contributed by atoms with Crippen LogP contribution in [0.25, 0.3) is 0 Å². The Hall–Kier alpha value is -1.83. The molecule has 8 heteroatoms. The van der Waals surface area contributed by atoms with E-state index in [1.165, 1.54) is 4.90 Å². The summed E-state index contributed by atoms with van der Waals surface area (Å²) in [7, 11) is 1.62. The maximum atomic E-state index is 11.9. The Morgan fingerprint density at radius 2 is 1.90 bits per heavy atom. The van der Waals surface area contributed by atoms with E-state index in [9.17, 15) is 14.4 Å². The molecule has 0 spiro atoms. The van der Waals surface area contributed by atoms with Crippen LogP contribution < -0.4 is 5.32 Å². The van der Waals surface area contributed by atoms with Gasteiger partial charge in [0.1, 0.15) is 6.04 Å². The van der Waals surface area contributed by atoms with E-state index < -0.39 is 24.0 Å². The van der Waals surface area contributed by atoms with Crippen molar-refractivity contribution < 1.29 is 29.3 Å². The lowest BCUT2D eigenvalue weighted by Crippen LogP contribution is -2.51. The van der Waals surface area contributed by atoms with Crippen LogP contribution in [0.4, 0.5) is 4.79 Å². The van der Waals surface area contributed by atoms with Crippen molar-refractivity contribution >= 4 is 18.0 Å². The van der Waals surface area contributed by atoms with Crippen molar-refractivity contribution in [2.45, 2.75) is 37.8 Å². The number of urea groups is 1. The van der Waals surface area contributed by atoms with E-state index in [4.69, 9.17) is 14.9 Å². The molecule has 3 N–H and O–H groups in total. The number of piperidine rings is 1. The van der Waals surface area contributed by atoms with Crippen molar-refractivity contribution in [3.63, 3.8) is 0 Å². The van der Waals surface area contributed by atoms with Gasteiger partial charge in [0, 0.05) is 26.6 Å². The number of carbonyl (C=O) groups excluding carboxylic acids is 1. The SMILES string of the molecule is COC1CCN(C(=O)N[C@@H](CCC(=O)O)C(=O)O)CC1. The molecule has 1 heterocycles. The van der Waals surface area contributed by atoms with Crippen LogP contribution in [-0.2, 0) is 14.3 Å². The molecule has 0 saturated carbocycles. The Morgan fingerprint density at radius 3 is 2.35 bits per heavy atom. The number of nitrogens with one attached hydrogen (secondary N) is 1. The van der Waals surface area contributed by atoms with Crippen molar-refractivity contribution in [2.24, 2.45) is 0 Å². The molecule has 114 valence electrons. The fraction of sp³-hybridized carbons (Fsp3) is 0.750. The van der Waals surface area contributed by atoms with E-state index >= 15 is 0 Å². The molecule has 8 nitrogen and oxygen atoms in total. The third-order valence-electron chi connectivity index (χ3n) is 3.31. The lowest BCUT2D eigenvalue weighted by Gasteiger charge is -2.32. The predicted octanol–water partition coefficient (Wildman–Crippen LogP) is 0.125. The summed E-state index contributed by atoms with van der Waals surface area (Å²) in [5.41, 5.74) is 0. The summed E-state index contributed by atoms with van der Waals surface area (Å²) in [5, 5.41) is 19.9. The van der Waals surface area contributed by atoms with E-state index in [1.54, 1.807) is 7.11 Å². The summed E-state index contributed by atoms with van der Waals surface area (Å²) in [6.45, 7) is 0.991. The van der Waals surface area contributed by atoms with Crippen molar-refractivity contribution in [1.82, 2.24) is 10.2 Å². The Kier molecular flexibility index (Phi) is 6.23. The Bertz CT molecular complexity index is 365. The molecule has 1 atom stereocenters. The first-order valence-electron chi connectivity index (χ1n) is 6.47. The van der Waals surface area contributed by atoms with Gasteiger partial charge in [-0.15, -0.1) is 0 Å². The highest BCUT2D eigenvalue weighted by Gasteiger charge is 2.26. The van der Waals surface area contributed by atoms with Crippen LogP contribution in [0.1, 0.15) is 25.7 Å². The molecule has 0 aromatic carbocycles. The molecule has 0 radical (unpaired) electrons. The lowest BCUT2D eigenvalue weighted by atomic mass is 10.1. The predicted molar refractivity (Wildman–Crippen MR) is 68.4 cm³/mol. The van der Waals surface area contributed by atoms with Crippen LogP contribution in [0.5, 0.6) is 0 Å². The van der Waals surface area contributed by atoms with Gasteiger partial charge in [-0.05, 0) is 19.3 Å². The van der Waals surface area contributed by atoms with Crippen molar-refractivity contribution in [1.29, 1.82) is 0 Å². The van der Waals surface area contributed by atoms with Gasteiger partial charge in [0.25, 0.3) is 0 Å². The number of hydrogen-bond donors (Lipinski definition) is 3. The maximum absolute atomic E-state index is 11.9. The average molecular weight is 288 g/mol. The van der Waals surface area contributed by atoms with Gasteiger partial charge in [0.2, 0.25) is 0 Å². The fourth-order valence-corrected chi connectivity index (χ4v) is 2.06. The topological polar surface area (TPSA) is 116 Å². The molecule has 1 fully saturated rings. The van der Waals surface area contributed by atoms with Crippen molar-refractivity contribution in [3.05, 3.63) is 0 Å². The molecule has 0 aromatic heterocycles. The number of methoxy groups -OCH3 is 1. The minimum absolute atomic E-state index is 0.126. The smallest absolute Gasteiger partial charge is 0.326 e. The Balaban J connectivity index is 2.45. The minimum atomic E-state index is -1.23. The van der Waals surface area contributed by atoms with Gasteiger partial charge in [-0.2, -0.15) is 0 Å². The fourth-order valence-electron chi connectivity index (χ4n) is 2.06. The van der Waals surface area contributed by atoms with Crippen LogP contribution >= 0.6 is 0 Å². The van der Waals surface area contributed by atoms with Crippen LogP contribution in [-0.4, -0.2) is 65.4 Å². The normalized spacial score (nSPS) is 17.6. The highest BCUT2D eigenvalue weighted by atomic mass is 16.5. The third-order valence-corrected chi connectivity index (χ3v) is 3.31. The standard InChI is InChI=1S/C12H20N2O6/c1-20-8-4-6-14(7-5-8)12(19)13-9(11(17)18)2-3-10(15)16/h8-9H,2-7H2,1H3,(H,13,19)(H,15,16)(H,17,18)/t9-/m0/s1. The monoisotopic (exact) mass is 288 g/mol. The first-order chi connectivity index (χ1) is 9.43. The largest absolute Gasteiger partial charge is 0.481 e. The summed E-state index contributed by atoms with van der Waals surface area (Å²) in [6.07, 6.45) is 1.10. The van der Waals surface area contributed by atoms with Gasteiger partial charge in [-0.25, -0.2) is 9.59 Å². The molecular weight excluding hydrogens is 268 g/mol. The second-order valence-corrected chi connectivity index (χ2v) is 4.69. The van der Waals surface area contributed by atoms with E-state index in [1.807, 2.05) is 0 Å². The Morgan fingerprint density at radius 1 is 1.30 bits per heavy atom. The number of carbonyl (C=O) groups is 3. The van der Waals surface area contributed by atoms with Crippen LogP contribution in [0.15, 0.2) is 0 Å². The zero-order chi connectivity index (χ0) is 15.1. The molecular formula is C12H20N2O6. The number of aliphatic carboxylic acids is 2. The number of likely N-dealkylation sites (tertiary alicyclic amines) is 1. The van der Waals surface area contributed by atoms with Gasteiger partial charge in [-0.3, -0.25) is 4.79 Å². The summed E-state index contributed by atoms with van der Waals surface area (Å²) in [4.78, 5) is 34.9. The highest BCUT2D eigenvalue weighted by molar-refractivity contribution is 5.83. The molecule has 0 unspecified atom stereocenters. The molecule has 20 heavy (non-hydrogen) atoms. The zero-order valence-corrected chi connectivity index (χ0v) is 11.4. The number of carboxylic acids is 2. The minimum Gasteiger partial charge on any atom is -0.481 e. The molecule has 1 aliphatic rings. The van der Waals surface area contributed by atoms with E-state index in [0.29, 0.717) is 25.9 Å². The number of hydrogen-bond acceptors (Lipinski definition) is 4. The number of ether oxygens (including phenoxy) is 1. The summed E-state index contributed by atoms with van der Waals surface area (Å²) in [6, 6.07) is -1.66. The average Bonchev–Trinajstić information content (AvgIpc) is 2.42. The molecule has 0 bridgehead atoms. The van der Waals surface area contributed by atoms with E-state index in [0.717, 1.165) is 0 Å². The van der Waals surface area contributed by atoms with Crippen molar-refractivity contribution in [2.75, 3.05) is 20.2 Å². The van der Waals surface area contributed by atoms with Gasteiger partial charge in [0.15, 0.2) is 0 Å². The summed E-state index contributed by atoms with van der Waals surface area (Å²) in [5.74, 6) is -2.32. The second kappa shape index (κ2) is 7.68. The third kappa shape index (κ3) is 5.04. The molecule has 0 aliphatic carbocycles. The highest BCUT2D eigenvalue weighted by Crippen LogP contribution is 2.13. The first-order valence-corrected chi connectivity index (χ1v) is 6.47. The molecule has 1 aliphatic heterocycles. The first kappa shape index (κ1) is 16.2.